The lowest BCUT2D eigenvalue weighted by molar-refractivity contribution is 0.280. The molecule has 0 aliphatic carbocycles. The molecule has 1 atom stereocenters. The van der Waals surface area contributed by atoms with Gasteiger partial charge in [-0.1, -0.05) is 32.1 Å². The number of rotatable bonds is 8. The van der Waals surface area contributed by atoms with E-state index in [9.17, 15) is 0 Å². The van der Waals surface area contributed by atoms with Crippen LogP contribution >= 0.6 is 0 Å². The Balaban J connectivity index is 2.51. The van der Waals surface area contributed by atoms with E-state index in [-0.39, 0.29) is 0 Å². The second-order valence-corrected chi connectivity index (χ2v) is 5.25. The fraction of sp³-hybridized carbons (Fsp3) is 0.529. The summed E-state index contributed by atoms with van der Waals surface area (Å²) in [5, 5.41) is 3.44. The topological polar surface area (TPSA) is 30.5 Å². The molecule has 0 aliphatic rings. The summed E-state index contributed by atoms with van der Waals surface area (Å²) in [5.41, 5.74) is 1.11. The lowest BCUT2D eigenvalue weighted by atomic mass is 10.1. The average Bonchev–Trinajstić information content (AvgIpc) is 2.44. The van der Waals surface area contributed by atoms with Gasteiger partial charge >= 0.3 is 0 Å². The molecule has 0 spiro atoms. The van der Waals surface area contributed by atoms with Gasteiger partial charge in [0.1, 0.15) is 6.61 Å². The predicted molar refractivity (Wildman–Crippen MR) is 85.5 cm³/mol. The molecule has 1 aromatic rings. The first kappa shape index (κ1) is 16.6. The minimum Gasteiger partial charge on any atom is -0.493 e. The first-order valence-electron chi connectivity index (χ1n) is 7.25. The normalized spacial score (nSPS) is 12.9. The van der Waals surface area contributed by atoms with E-state index in [2.05, 4.69) is 26.1 Å². The zero-order valence-electron chi connectivity index (χ0n) is 13.3. The molecule has 0 saturated heterocycles. The first-order valence-corrected chi connectivity index (χ1v) is 7.25. The number of hydrogen-bond donors (Lipinski definition) is 1. The quantitative estimate of drug-likeness (QED) is 0.734. The molecular weight excluding hydrogens is 250 g/mol. The van der Waals surface area contributed by atoms with Crippen molar-refractivity contribution in [1.82, 2.24) is 5.32 Å². The van der Waals surface area contributed by atoms with Gasteiger partial charge in [-0.25, -0.2) is 0 Å². The number of benzene rings is 1. The fourth-order valence-corrected chi connectivity index (χ4v) is 1.78. The molecule has 0 aromatic heterocycles. The highest BCUT2D eigenvalue weighted by atomic mass is 16.5. The molecule has 0 saturated carbocycles. The molecule has 3 heteroatoms. The molecule has 0 aliphatic heterocycles. The molecule has 0 amide bonds. The van der Waals surface area contributed by atoms with Gasteiger partial charge in [0.2, 0.25) is 0 Å². The van der Waals surface area contributed by atoms with Crippen molar-refractivity contribution in [1.29, 1.82) is 0 Å². The monoisotopic (exact) mass is 277 g/mol. The minimum absolute atomic E-state index is 0.498. The van der Waals surface area contributed by atoms with Gasteiger partial charge in [-0.2, -0.15) is 0 Å². The van der Waals surface area contributed by atoms with Crippen molar-refractivity contribution in [2.75, 3.05) is 20.3 Å². The third-order valence-electron chi connectivity index (χ3n) is 3.37. The van der Waals surface area contributed by atoms with E-state index in [0.717, 1.165) is 23.6 Å². The molecule has 0 heterocycles. The average molecular weight is 277 g/mol. The highest BCUT2D eigenvalue weighted by Gasteiger charge is 2.07. The largest absolute Gasteiger partial charge is 0.493 e. The summed E-state index contributed by atoms with van der Waals surface area (Å²) in [6.45, 7) is 10.1. The molecule has 112 valence electrons. The lowest BCUT2D eigenvalue weighted by Gasteiger charge is -2.18. The summed E-state index contributed by atoms with van der Waals surface area (Å²) in [7, 11) is 1.67. The van der Waals surface area contributed by atoms with E-state index < -0.39 is 0 Å². The maximum atomic E-state index is 5.78. The van der Waals surface area contributed by atoms with Gasteiger partial charge in [0.05, 0.1) is 7.11 Å². The summed E-state index contributed by atoms with van der Waals surface area (Å²) >= 11 is 0. The smallest absolute Gasteiger partial charge is 0.161 e. The van der Waals surface area contributed by atoms with Gasteiger partial charge < -0.3 is 14.8 Å². The van der Waals surface area contributed by atoms with Gasteiger partial charge in [0.25, 0.3) is 0 Å². The van der Waals surface area contributed by atoms with E-state index in [1.54, 1.807) is 7.11 Å². The zero-order chi connectivity index (χ0) is 15.0. The number of hydrogen-bond acceptors (Lipinski definition) is 3. The number of allylic oxidation sites excluding steroid dienone is 1. The highest BCUT2D eigenvalue weighted by Crippen LogP contribution is 2.28. The van der Waals surface area contributed by atoms with Crippen LogP contribution < -0.4 is 14.8 Å². The summed E-state index contributed by atoms with van der Waals surface area (Å²) in [6.07, 6.45) is 4.05. The van der Waals surface area contributed by atoms with Crippen LogP contribution in [0.5, 0.6) is 11.5 Å². The molecule has 3 nitrogen and oxygen atoms in total. The zero-order valence-corrected chi connectivity index (χ0v) is 13.3. The Hall–Kier alpha value is -1.48. The maximum absolute atomic E-state index is 5.78. The molecule has 0 radical (unpaired) electrons. The second-order valence-electron chi connectivity index (χ2n) is 5.25. The Labute approximate surface area is 123 Å². The Morgan fingerprint density at radius 1 is 1.20 bits per heavy atom. The van der Waals surface area contributed by atoms with Crippen molar-refractivity contribution < 1.29 is 9.47 Å². The van der Waals surface area contributed by atoms with E-state index in [0.29, 0.717) is 18.6 Å². The Morgan fingerprint density at radius 2 is 1.95 bits per heavy atom. The molecule has 0 bridgehead atoms. The molecular formula is C17H27NO2. The predicted octanol–water partition coefficient (Wildman–Crippen LogP) is 3.74. The van der Waals surface area contributed by atoms with Gasteiger partial charge in [0, 0.05) is 12.6 Å². The van der Waals surface area contributed by atoms with E-state index in [1.165, 1.54) is 0 Å². The Bertz CT molecular complexity index is 427. The van der Waals surface area contributed by atoms with Crippen molar-refractivity contribution in [3.63, 3.8) is 0 Å². The minimum atomic E-state index is 0.498. The van der Waals surface area contributed by atoms with Crippen molar-refractivity contribution in [2.45, 2.75) is 33.7 Å². The molecule has 1 aromatic carbocycles. The number of nitrogens with one attached hydrogen (secondary N) is 1. The van der Waals surface area contributed by atoms with Crippen molar-refractivity contribution in [2.24, 2.45) is 5.92 Å². The first-order chi connectivity index (χ1) is 9.58. The maximum Gasteiger partial charge on any atom is 0.161 e. The van der Waals surface area contributed by atoms with Crippen LogP contribution in [0.2, 0.25) is 0 Å². The standard InChI is InChI=1S/C17H27NO2/c1-6-7-15-8-9-16(17(12-15)19-5)20-11-10-18-14(4)13(2)3/h6-9,12-14,18H,10-11H2,1-5H3. The molecule has 0 fully saturated rings. The molecule has 1 N–H and O–H groups in total. The summed E-state index contributed by atoms with van der Waals surface area (Å²) in [5.74, 6) is 2.20. The van der Waals surface area contributed by atoms with Crippen molar-refractivity contribution in [3.05, 3.63) is 29.8 Å². The van der Waals surface area contributed by atoms with Gasteiger partial charge in [0.15, 0.2) is 11.5 Å². The van der Waals surface area contributed by atoms with Crippen LogP contribution in [0.25, 0.3) is 6.08 Å². The van der Waals surface area contributed by atoms with Crippen molar-refractivity contribution >= 4 is 6.08 Å². The van der Waals surface area contributed by atoms with Gasteiger partial charge in [-0.15, -0.1) is 0 Å². The summed E-state index contributed by atoms with van der Waals surface area (Å²) < 4.78 is 11.1. The van der Waals surface area contributed by atoms with Crippen LogP contribution in [0.4, 0.5) is 0 Å². The number of ether oxygens (including phenoxy) is 2. The Kier molecular flexibility index (Phi) is 7.16. The molecule has 20 heavy (non-hydrogen) atoms. The van der Waals surface area contributed by atoms with Crippen LogP contribution in [-0.2, 0) is 0 Å². The van der Waals surface area contributed by atoms with Crippen LogP contribution in [0.15, 0.2) is 24.3 Å². The third kappa shape index (κ3) is 5.25. The van der Waals surface area contributed by atoms with Crippen molar-refractivity contribution in [3.8, 4) is 11.5 Å². The van der Waals surface area contributed by atoms with E-state index in [1.807, 2.05) is 37.3 Å². The Morgan fingerprint density at radius 3 is 2.55 bits per heavy atom. The fourth-order valence-electron chi connectivity index (χ4n) is 1.78. The highest BCUT2D eigenvalue weighted by molar-refractivity contribution is 5.55. The summed E-state index contributed by atoms with van der Waals surface area (Å²) in [6, 6.07) is 6.47. The lowest BCUT2D eigenvalue weighted by Crippen LogP contribution is -2.33. The second kappa shape index (κ2) is 8.64. The van der Waals surface area contributed by atoms with Crippen LogP contribution in [-0.4, -0.2) is 26.3 Å². The van der Waals surface area contributed by atoms with E-state index in [4.69, 9.17) is 9.47 Å². The van der Waals surface area contributed by atoms with E-state index >= 15 is 0 Å². The van der Waals surface area contributed by atoms with Gasteiger partial charge in [-0.3, -0.25) is 0 Å². The van der Waals surface area contributed by atoms with Gasteiger partial charge in [-0.05, 0) is 37.5 Å². The molecule has 1 unspecified atom stereocenters. The summed E-state index contributed by atoms with van der Waals surface area (Å²) in [4.78, 5) is 0. The third-order valence-corrected chi connectivity index (χ3v) is 3.37. The SMILES string of the molecule is CC=Cc1ccc(OCCNC(C)C(C)C)c(OC)c1. The molecule has 1 rings (SSSR count). The van der Waals surface area contributed by atoms with Crippen LogP contribution in [0.3, 0.4) is 0 Å². The van der Waals surface area contributed by atoms with Crippen LogP contribution in [0.1, 0.15) is 33.3 Å². The number of methoxy groups -OCH3 is 1. The van der Waals surface area contributed by atoms with Crippen LogP contribution in [0, 0.1) is 5.92 Å².